The summed E-state index contributed by atoms with van der Waals surface area (Å²) in [6.45, 7) is 4.52. The highest BCUT2D eigenvalue weighted by molar-refractivity contribution is 9.10. The maximum Gasteiger partial charge on any atom is 0.221 e. The van der Waals surface area contributed by atoms with Crippen molar-refractivity contribution in [2.45, 2.75) is 26.3 Å². The van der Waals surface area contributed by atoms with E-state index in [2.05, 4.69) is 31.5 Å². The van der Waals surface area contributed by atoms with E-state index in [0.717, 1.165) is 21.1 Å². The predicted octanol–water partition coefficient (Wildman–Crippen LogP) is 3.32. The molecular formula is C15H18BrN3O. The van der Waals surface area contributed by atoms with Gasteiger partial charge in [0, 0.05) is 40.8 Å². The lowest BCUT2D eigenvalue weighted by Gasteiger charge is -2.11. The van der Waals surface area contributed by atoms with Gasteiger partial charge in [-0.1, -0.05) is 15.9 Å². The Hall–Kier alpha value is -1.62. The van der Waals surface area contributed by atoms with Crippen LogP contribution >= 0.6 is 15.9 Å². The van der Waals surface area contributed by atoms with Crippen LogP contribution in [0.3, 0.4) is 0 Å². The van der Waals surface area contributed by atoms with E-state index in [9.17, 15) is 4.79 Å². The Bertz CT molecular complexity index is 613. The van der Waals surface area contributed by atoms with Crippen molar-refractivity contribution in [1.29, 1.82) is 0 Å². The van der Waals surface area contributed by atoms with Crippen molar-refractivity contribution >= 4 is 38.4 Å². The van der Waals surface area contributed by atoms with Gasteiger partial charge in [0.1, 0.15) is 0 Å². The van der Waals surface area contributed by atoms with Gasteiger partial charge in [0.25, 0.3) is 0 Å². The van der Waals surface area contributed by atoms with Crippen molar-refractivity contribution < 1.29 is 4.79 Å². The standard InChI is InChI=1S/C15H18BrN3O/c1-10(2)19-15(20)6-8-17-13-5-7-18-14-9-11(16)3-4-12(13)14/h3-5,7,9-10H,6,8H2,1-2H3,(H,17,18)(H,19,20). The highest BCUT2D eigenvalue weighted by Crippen LogP contribution is 2.24. The molecule has 1 aromatic heterocycles. The fraction of sp³-hybridized carbons (Fsp3) is 0.333. The summed E-state index contributed by atoms with van der Waals surface area (Å²) in [7, 11) is 0. The van der Waals surface area contributed by atoms with Crippen LogP contribution in [0, 0.1) is 0 Å². The van der Waals surface area contributed by atoms with Crippen molar-refractivity contribution in [3.05, 3.63) is 34.9 Å². The van der Waals surface area contributed by atoms with Gasteiger partial charge in [0.2, 0.25) is 5.91 Å². The van der Waals surface area contributed by atoms with Crippen LogP contribution in [-0.2, 0) is 4.79 Å². The van der Waals surface area contributed by atoms with Crippen LogP contribution < -0.4 is 10.6 Å². The number of carbonyl (C=O) groups is 1. The molecule has 0 fully saturated rings. The first-order valence-corrected chi connectivity index (χ1v) is 7.43. The summed E-state index contributed by atoms with van der Waals surface area (Å²) in [5.74, 6) is 0.0635. The van der Waals surface area contributed by atoms with Gasteiger partial charge in [-0.3, -0.25) is 9.78 Å². The SMILES string of the molecule is CC(C)NC(=O)CCNc1ccnc2cc(Br)ccc12. The monoisotopic (exact) mass is 335 g/mol. The van der Waals surface area contributed by atoms with E-state index in [0.29, 0.717) is 13.0 Å². The Morgan fingerprint density at radius 2 is 2.15 bits per heavy atom. The Morgan fingerprint density at radius 1 is 1.35 bits per heavy atom. The number of nitrogens with one attached hydrogen (secondary N) is 2. The third-order valence-corrected chi connectivity index (χ3v) is 3.32. The molecule has 1 amide bonds. The average molecular weight is 336 g/mol. The Kier molecular flexibility index (Phi) is 4.95. The van der Waals surface area contributed by atoms with Crippen molar-refractivity contribution in [2.24, 2.45) is 0 Å². The fourth-order valence-electron chi connectivity index (χ4n) is 1.98. The molecule has 0 aliphatic rings. The first-order chi connectivity index (χ1) is 9.56. The van der Waals surface area contributed by atoms with E-state index < -0.39 is 0 Å². The summed E-state index contributed by atoms with van der Waals surface area (Å²) < 4.78 is 1.01. The van der Waals surface area contributed by atoms with Crippen molar-refractivity contribution in [3.63, 3.8) is 0 Å². The highest BCUT2D eigenvalue weighted by atomic mass is 79.9. The zero-order valence-electron chi connectivity index (χ0n) is 11.6. The third-order valence-electron chi connectivity index (χ3n) is 2.82. The van der Waals surface area contributed by atoms with Crippen LogP contribution in [0.1, 0.15) is 20.3 Å². The largest absolute Gasteiger partial charge is 0.384 e. The van der Waals surface area contributed by atoms with Gasteiger partial charge in [-0.15, -0.1) is 0 Å². The second kappa shape index (κ2) is 6.70. The topological polar surface area (TPSA) is 54.0 Å². The average Bonchev–Trinajstić information content (AvgIpc) is 2.37. The molecule has 20 heavy (non-hydrogen) atoms. The molecule has 0 radical (unpaired) electrons. The van der Waals surface area contributed by atoms with Crippen molar-refractivity contribution in [3.8, 4) is 0 Å². The van der Waals surface area contributed by atoms with Gasteiger partial charge >= 0.3 is 0 Å². The number of benzene rings is 1. The van der Waals surface area contributed by atoms with E-state index in [1.54, 1.807) is 6.20 Å². The minimum Gasteiger partial charge on any atom is -0.384 e. The van der Waals surface area contributed by atoms with Gasteiger partial charge in [-0.05, 0) is 38.1 Å². The number of pyridine rings is 1. The molecule has 0 saturated carbocycles. The molecule has 2 aromatic rings. The number of amides is 1. The smallest absolute Gasteiger partial charge is 0.221 e. The number of carbonyl (C=O) groups excluding carboxylic acids is 1. The molecule has 2 N–H and O–H groups in total. The van der Waals surface area contributed by atoms with Crippen LogP contribution in [-0.4, -0.2) is 23.5 Å². The normalized spacial score (nSPS) is 10.8. The van der Waals surface area contributed by atoms with Crippen molar-refractivity contribution in [1.82, 2.24) is 10.3 Å². The number of aromatic nitrogens is 1. The van der Waals surface area contributed by atoms with Crippen LogP contribution in [0.15, 0.2) is 34.9 Å². The quantitative estimate of drug-likeness (QED) is 0.881. The van der Waals surface area contributed by atoms with Gasteiger partial charge in [0.15, 0.2) is 0 Å². The van der Waals surface area contributed by atoms with E-state index in [1.165, 1.54) is 0 Å². The molecule has 0 bridgehead atoms. The third kappa shape index (κ3) is 3.93. The minimum absolute atomic E-state index is 0.0635. The molecule has 0 aliphatic heterocycles. The fourth-order valence-corrected chi connectivity index (χ4v) is 2.33. The van der Waals surface area contributed by atoms with Gasteiger partial charge in [-0.25, -0.2) is 0 Å². The summed E-state index contributed by atoms with van der Waals surface area (Å²) in [4.78, 5) is 15.9. The number of rotatable bonds is 5. The lowest BCUT2D eigenvalue weighted by molar-refractivity contribution is -0.121. The number of hydrogen-bond donors (Lipinski definition) is 2. The maximum absolute atomic E-state index is 11.6. The van der Waals surface area contributed by atoms with Crippen LogP contribution in [0.2, 0.25) is 0 Å². The Morgan fingerprint density at radius 3 is 2.90 bits per heavy atom. The Labute approximate surface area is 127 Å². The van der Waals surface area contributed by atoms with Crippen molar-refractivity contribution in [2.75, 3.05) is 11.9 Å². The van der Waals surface area contributed by atoms with Crippen LogP contribution in [0.5, 0.6) is 0 Å². The molecule has 0 spiro atoms. The number of halogens is 1. The lowest BCUT2D eigenvalue weighted by atomic mass is 10.2. The van der Waals surface area contributed by atoms with E-state index in [4.69, 9.17) is 0 Å². The predicted molar refractivity (Wildman–Crippen MR) is 85.8 cm³/mol. The number of nitrogens with zero attached hydrogens (tertiary/aromatic N) is 1. The van der Waals surface area contributed by atoms with Crippen LogP contribution in [0.4, 0.5) is 5.69 Å². The lowest BCUT2D eigenvalue weighted by Crippen LogP contribution is -2.31. The van der Waals surface area contributed by atoms with Crippen LogP contribution in [0.25, 0.3) is 10.9 Å². The first-order valence-electron chi connectivity index (χ1n) is 6.64. The molecule has 2 rings (SSSR count). The molecule has 106 valence electrons. The van der Waals surface area contributed by atoms with E-state index >= 15 is 0 Å². The molecule has 0 saturated heterocycles. The van der Waals surface area contributed by atoms with Gasteiger partial charge < -0.3 is 10.6 Å². The van der Waals surface area contributed by atoms with Gasteiger partial charge in [-0.2, -0.15) is 0 Å². The molecule has 1 heterocycles. The second-order valence-electron chi connectivity index (χ2n) is 4.92. The first kappa shape index (κ1) is 14.8. The summed E-state index contributed by atoms with van der Waals surface area (Å²) in [5.41, 5.74) is 1.93. The molecule has 0 atom stereocenters. The number of hydrogen-bond acceptors (Lipinski definition) is 3. The molecule has 1 aromatic carbocycles. The Balaban J connectivity index is 2.01. The molecular weight excluding hydrogens is 318 g/mol. The maximum atomic E-state index is 11.6. The zero-order valence-corrected chi connectivity index (χ0v) is 13.2. The summed E-state index contributed by atoms with van der Waals surface area (Å²) in [6.07, 6.45) is 2.23. The molecule has 4 nitrogen and oxygen atoms in total. The number of anilines is 1. The van der Waals surface area contributed by atoms with Gasteiger partial charge in [0.05, 0.1) is 5.52 Å². The molecule has 5 heteroatoms. The van der Waals surface area contributed by atoms with E-state index in [-0.39, 0.29) is 11.9 Å². The minimum atomic E-state index is 0.0635. The summed E-state index contributed by atoms with van der Waals surface area (Å²) in [5, 5.41) is 7.23. The summed E-state index contributed by atoms with van der Waals surface area (Å²) in [6, 6.07) is 8.09. The second-order valence-corrected chi connectivity index (χ2v) is 5.83. The summed E-state index contributed by atoms with van der Waals surface area (Å²) >= 11 is 3.44. The number of fused-ring (bicyclic) bond motifs is 1. The molecule has 0 unspecified atom stereocenters. The molecule has 0 aliphatic carbocycles. The highest BCUT2D eigenvalue weighted by Gasteiger charge is 2.05. The zero-order chi connectivity index (χ0) is 14.5. The van der Waals surface area contributed by atoms with E-state index in [1.807, 2.05) is 38.1 Å².